The zero-order valence-electron chi connectivity index (χ0n) is 18.7. The van der Waals surface area contributed by atoms with Crippen LogP contribution in [0.25, 0.3) is 21.5 Å². The predicted octanol–water partition coefficient (Wildman–Crippen LogP) is 7.20. The zero-order chi connectivity index (χ0) is 24.6. The molecular weight excluding hydrogens is 465 g/mol. The van der Waals surface area contributed by atoms with E-state index in [1.807, 2.05) is 32.9 Å². The van der Waals surface area contributed by atoms with Crippen LogP contribution in [0.1, 0.15) is 54.5 Å². The first-order valence-electron chi connectivity index (χ1n) is 10.7. The number of aromatic nitrogens is 2. The number of aromatic amines is 1. The topological polar surface area (TPSA) is 75.2 Å². The standard InChI is InChI=1S/C25H23F3N2O3S/c1-13(2)22-23(34-24(30-22)15-4-6-17(7-5-15)25(26,27)28)14(3)33-18-8-9-19-16(10-21(31)32)12-29-20(19)11-18/h4-9,11-14,29H,10H2,1-3H3,(H,31,32)/t14-/m0/s1. The Balaban J connectivity index is 1.60. The van der Waals surface area contributed by atoms with Crippen LogP contribution in [0, 0.1) is 0 Å². The van der Waals surface area contributed by atoms with Gasteiger partial charge >= 0.3 is 12.1 Å². The van der Waals surface area contributed by atoms with Gasteiger partial charge < -0.3 is 14.8 Å². The van der Waals surface area contributed by atoms with Crippen LogP contribution < -0.4 is 4.74 Å². The van der Waals surface area contributed by atoms with E-state index in [4.69, 9.17) is 14.8 Å². The van der Waals surface area contributed by atoms with E-state index < -0.39 is 17.7 Å². The average molecular weight is 489 g/mol. The lowest BCUT2D eigenvalue weighted by Gasteiger charge is -2.16. The first-order valence-corrected chi connectivity index (χ1v) is 11.5. The minimum absolute atomic E-state index is 0.0675. The number of hydrogen-bond donors (Lipinski definition) is 2. The van der Waals surface area contributed by atoms with Crippen molar-refractivity contribution in [2.75, 3.05) is 0 Å². The molecule has 0 aliphatic carbocycles. The summed E-state index contributed by atoms with van der Waals surface area (Å²) in [6.07, 6.45) is -3.11. The predicted molar refractivity (Wildman–Crippen MR) is 125 cm³/mol. The lowest BCUT2D eigenvalue weighted by atomic mass is 10.1. The smallest absolute Gasteiger partial charge is 0.416 e. The highest BCUT2D eigenvalue weighted by molar-refractivity contribution is 7.15. The van der Waals surface area contributed by atoms with Gasteiger partial charge in [-0.25, -0.2) is 4.98 Å². The van der Waals surface area contributed by atoms with E-state index in [1.54, 1.807) is 12.3 Å². The maximum Gasteiger partial charge on any atom is 0.416 e. The van der Waals surface area contributed by atoms with Crippen LogP contribution in [0.2, 0.25) is 0 Å². The number of hydrogen-bond acceptors (Lipinski definition) is 4. The second-order valence-electron chi connectivity index (χ2n) is 8.35. The summed E-state index contributed by atoms with van der Waals surface area (Å²) in [4.78, 5) is 19.7. The summed E-state index contributed by atoms with van der Waals surface area (Å²) in [7, 11) is 0. The van der Waals surface area contributed by atoms with Gasteiger partial charge in [0.15, 0.2) is 0 Å². The number of H-pyrrole nitrogens is 1. The molecule has 0 unspecified atom stereocenters. The fourth-order valence-corrected chi connectivity index (χ4v) is 4.99. The number of carbonyl (C=O) groups is 1. The van der Waals surface area contributed by atoms with Crippen molar-refractivity contribution in [2.24, 2.45) is 0 Å². The number of fused-ring (bicyclic) bond motifs is 1. The SMILES string of the molecule is CC(C)c1nc(-c2ccc(C(F)(F)F)cc2)sc1[C@H](C)Oc1ccc2c(CC(=O)O)c[nH]c2c1. The summed E-state index contributed by atoms with van der Waals surface area (Å²) in [5.41, 5.74) is 2.25. The Hall–Kier alpha value is -3.33. The number of aliphatic carboxylic acids is 1. The van der Waals surface area contributed by atoms with Gasteiger partial charge in [0.25, 0.3) is 0 Å². The van der Waals surface area contributed by atoms with E-state index in [0.29, 0.717) is 21.9 Å². The highest BCUT2D eigenvalue weighted by Crippen LogP contribution is 2.38. The molecule has 2 N–H and O–H groups in total. The number of alkyl halides is 3. The van der Waals surface area contributed by atoms with Crippen LogP contribution in [0.5, 0.6) is 5.75 Å². The molecule has 0 radical (unpaired) electrons. The highest BCUT2D eigenvalue weighted by atomic mass is 32.1. The van der Waals surface area contributed by atoms with Crippen LogP contribution in [0.3, 0.4) is 0 Å². The highest BCUT2D eigenvalue weighted by Gasteiger charge is 2.30. The molecule has 0 saturated carbocycles. The maximum absolute atomic E-state index is 12.9. The summed E-state index contributed by atoms with van der Waals surface area (Å²) >= 11 is 1.41. The quantitative estimate of drug-likeness (QED) is 0.288. The summed E-state index contributed by atoms with van der Waals surface area (Å²) in [6.45, 7) is 5.93. The molecular formula is C25H23F3N2O3S. The molecule has 0 aliphatic heterocycles. The Kier molecular flexibility index (Phi) is 6.40. The monoisotopic (exact) mass is 488 g/mol. The lowest BCUT2D eigenvalue weighted by Crippen LogP contribution is -2.05. The first-order chi connectivity index (χ1) is 16.0. The number of carboxylic acid groups (broad SMARTS) is 1. The summed E-state index contributed by atoms with van der Waals surface area (Å²) in [5, 5.41) is 10.5. The van der Waals surface area contributed by atoms with Crippen LogP contribution in [-0.2, 0) is 17.4 Å². The molecule has 5 nitrogen and oxygen atoms in total. The fourth-order valence-electron chi connectivity index (χ4n) is 3.78. The van der Waals surface area contributed by atoms with Crippen molar-refractivity contribution >= 4 is 28.2 Å². The van der Waals surface area contributed by atoms with Crippen molar-refractivity contribution in [1.29, 1.82) is 0 Å². The van der Waals surface area contributed by atoms with Crippen molar-refractivity contribution in [3.63, 3.8) is 0 Å². The fraction of sp³-hybridized carbons (Fsp3) is 0.280. The molecule has 2 heterocycles. The maximum atomic E-state index is 12.9. The molecule has 0 spiro atoms. The van der Waals surface area contributed by atoms with E-state index in [9.17, 15) is 18.0 Å². The molecule has 4 rings (SSSR count). The molecule has 4 aromatic rings. The van der Waals surface area contributed by atoms with Crippen LogP contribution in [0.4, 0.5) is 13.2 Å². The molecule has 0 fully saturated rings. The molecule has 0 amide bonds. The van der Waals surface area contributed by atoms with Gasteiger partial charge in [-0.15, -0.1) is 11.3 Å². The summed E-state index contributed by atoms with van der Waals surface area (Å²) < 4.78 is 44.9. The van der Waals surface area contributed by atoms with Crippen molar-refractivity contribution < 1.29 is 27.8 Å². The molecule has 34 heavy (non-hydrogen) atoms. The normalized spacial score (nSPS) is 12.9. The van der Waals surface area contributed by atoms with Crippen molar-refractivity contribution in [2.45, 2.75) is 45.4 Å². The van der Waals surface area contributed by atoms with E-state index in [1.165, 1.54) is 23.5 Å². The minimum atomic E-state index is -4.38. The summed E-state index contributed by atoms with van der Waals surface area (Å²) in [6, 6.07) is 10.5. The van der Waals surface area contributed by atoms with E-state index in [-0.39, 0.29) is 18.4 Å². The van der Waals surface area contributed by atoms with Crippen molar-refractivity contribution in [3.05, 3.63) is 70.4 Å². The Bertz CT molecular complexity index is 1320. The number of ether oxygens (including phenoxy) is 1. The lowest BCUT2D eigenvalue weighted by molar-refractivity contribution is -0.138. The minimum Gasteiger partial charge on any atom is -0.485 e. The molecule has 1 atom stereocenters. The number of nitrogens with zero attached hydrogens (tertiary/aromatic N) is 1. The molecule has 2 aromatic carbocycles. The van der Waals surface area contributed by atoms with Gasteiger partial charge in [0.2, 0.25) is 0 Å². The van der Waals surface area contributed by atoms with Crippen LogP contribution in [-0.4, -0.2) is 21.0 Å². The molecule has 0 bridgehead atoms. The Morgan fingerprint density at radius 3 is 2.47 bits per heavy atom. The molecule has 0 saturated heterocycles. The largest absolute Gasteiger partial charge is 0.485 e. The Morgan fingerprint density at radius 1 is 1.15 bits per heavy atom. The third kappa shape index (κ3) is 4.94. The Morgan fingerprint density at radius 2 is 1.85 bits per heavy atom. The number of benzene rings is 2. The van der Waals surface area contributed by atoms with Crippen molar-refractivity contribution in [3.8, 4) is 16.3 Å². The number of carboxylic acids is 1. The third-order valence-electron chi connectivity index (χ3n) is 5.45. The number of thiazole rings is 1. The van der Waals surface area contributed by atoms with Gasteiger partial charge in [0.05, 0.1) is 22.6 Å². The first kappa shape index (κ1) is 23.8. The van der Waals surface area contributed by atoms with Gasteiger partial charge in [-0.1, -0.05) is 26.0 Å². The number of nitrogens with one attached hydrogen (secondary N) is 1. The number of rotatable bonds is 7. The molecule has 2 aromatic heterocycles. The molecule has 178 valence electrons. The third-order valence-corrected chi connectivity index (χ3v) is 6.73. The second-order valence-corrected chi connectivity index (χ2v) is 9.38. The van der Waals surface area contributed by atoms with E-state index >= 15 is 0 Å². The van der Waals surface area contributed by atoms with Crippen molar-refractivity contribution in [1.82, 2.24) is 9.97 Å². The average Bonchev–Trinajstić information content (AvgIpc) is 3.38. The Labute approximate surface area is 198 Å². The zero-order valence-corrected chi connectivity index (χ0v) is 19.6. The van der Waals surface area contributed by atoms with Crippen LogP contribution >= 0.6 is 11.3 Å². The van der Waals surface area contributed by atoms with Gasteiger partial charge in [-0.05, 0) is 42.7 Å². The van der Waals surface area contributed by atoms with Gasteiger partial charge in [-0.2, -0.15) is 13.2 Å². The van der Waals surface area contributed by atoms with E-state index in [2.05, 4.69) is 4.98 Å². The number of halogens is 3. The summed E-state index contributed by atoms with van der Waals surface area (Å²) in [5.74, 6) is -0.182. The second kappa shape index (κ2) is 9.13. The molecule has 0 aliphatic rings. The van der Waals surface area contributed by atoms with Gasteiger partial charge in [0, 0.05) is 28.7 Å². The van der Waals surface area contributed by atoms with Gasteiger partial charge in [0.1, 0.15) is 16.9 Å². The van der Waals surface area contributed by atoms with E-state index in [0.717, 1.165) is 33.6 Å². The molecule has 9 heteroatoms. The van der Waals surface area contributed by atoms with Gasteiger partial charge in [-0.3, -0.25) is 4.79 Å². The van der Waals surface area contributed by atoms with Crippen LogP contribution in [0.15, 0.2) is 48.7 Å².